The van der Waals surface area contributed by atoms with E-state index >= 15 is 0 Å². The van der Waals surface area contributed by atoms with Crippen LogP contribution in [-0.4, -0.2) is 28.7 Å². The van der Waals surface area contributed by atoms with E-state index < -0.39 is 5.97 Å². The molecule has 0 radical (unpaired) electrons. The number of aryl methyl sites for hydroxylation is 1. The van der Waals surface area contributed by atoms with E-state index in [1.165, 1.54) is 23.7 Å². The van der Waals surface area contributed by atoms with Crippen LogP contribution in [-0.2, 0) is 11.2 Å². The van der Waals surface area contributed by atoms with E-state index in [9.17, 15) is 9.59 Å². The summed E-state index contributed by atoms with van der Waals surface area (Å²) in [5.41, 5.74) is 1.79. The first-order chi connectivity index (χ1) is 10.1. The van der Waals surface area contributed by atoms with Crippen molar-refractivity contribution in [3.63, 3.8) is 0 Å². The van der Waals surface area contributed by atoms with Crippen molar-refractivity contribution in [3.05, 3.63) is 34.0 Å². The summed E-state index contributed by atoms with van der Waals surface area (Å²) in [4.78, 5) is 25.2. The van der Waals surface area contributed by atoms with Gasteiger partial charge in [0.15, 0.2) is 0 Å². The lowest BCUT2D eigenvalue weighted by Gasteiger charge is -2.07. The van der Waals surface area contributed by atoms with Crippen LogP contribution in [0.4, 0.5) is 5.00 Å². The zero-order chi connectivity index (χ0) is 15.4. The van der Waals surface area contributed by atoms with Gasteiger partial charge in [-0.2, -0.15) is 5.10 Å². The van der Waals surface area contributed by atoms with Crippen molar-refractivity contribution in [1.29, 1.82) is 0 Å². The lowest BCUT2D eigenvalue weighted by Crippen LogP contribution is -2.14. The molecule has 0 unspecified atom stereocenters. The van der Waals surface area contributed by atoms with Gasteiger partial charge in [-0.15, -0.1) is 11.3 Å². The number of aromatic nitrogens is 2. The Morgan fingerprint density at radius 1 is 1.43 bits per heavy atom. The lowest BCUT2D eigenvalue weighted by molar-refractivity contribution is 0.0527. The number of thiophene rings is 1. The molecule has 2 aromatic heterocycles. The molecular weight excluding hydrogens is 290 g/mol. The van der Waals surface area contributed by atoms with Crippen LogP contribution in [0.15, 0.2) is 12.4 Å². The first-order valence-electron chi connectivity index (χ1n) is 6.67. The molecule has 0 atom stereocenters. The highest BCUT2D eigenvalue weighted by atomic mass is 32.1. The highest BCUT2D eigenvalue weighted by Crippen LogP contribution is 2.34. The summed E-state index contributed by atoms with van der Waals surface area (Å²) in [6, 6.07) is 0. The van der Waals surface area contributed by atoms with Gasteiger partial charge in [-0.1, -0.05) is 6.92 Å². The number of H-pyrrole nitrogens is 1. The van der Waals surface area contributed by atoms with Crippen molar-refractivity contribution in [2.45, 2.75) is 27.2 Å². The quantitative estimate of drug-likeness (QED) is 0.832. The van der Waals surface area contributed by atoms with E-state index in [-0.39, 0.29) is 5.91 Å². The van der Waals surface area contributed by atoms with Crippen molar-refractivity contribution in [2.75, 3.05) is 11.9 Å². The minimum absolute atomic E-state index is 0.298. The molecule has 2 N–H and O–H groups in total. The Labute approximate surface area is 126 Å². The van der Waals surface area contributed by atoms with Crippen LogP contribution in [0.5, 0.6) is 0 Å². The summed E-state index contributed by atoms with van der Waals surface area (Å²) in [5.74, 6) is -0.709. The van der Waals surface area contributed by atoms with Crippen molar-refractivity contribution < 1.29 is 14.3 Å². The van der Waals surface area contributed by atoms with Gasteiger partial charge in [0, 0.05) is 11.1 Å². The smallest absolute Gasteiger partial charge is 0.341 e. The molecule has 0 bridgehead atoms. The Morgan fingerprint density at radius 3 is 2.76 bits per heavy atom. The van der Waals surface area contributed by atoms with Gasteiger partial charge in [-0.05, 0) is 25.8 Å². The number of aromatic amines is 1. The molecule has 0 aliphatic rings. The monoisotopic (exact) mass is 307 g/mol. The summed E-state index contributed by atoms with van der Waals surface area (Å²) < 4.78 is 5.09. The molecule has 0 spiro atoms. The molecule has 0 aliphatic carbocycles. The van der Waals surface area contributed by atoms with E-state index in [1.54, 1.807) is 6.92 Å². The predicted octanol–water partition coefficient (Wildman–Crippen LogP) is 2.77. The Morgan fingerprint density at radius 2 is 2.19 bits per heavy atom. The fraction of sp³-hybridized carbons (Fsp3) is 0.357. The molecule has 2 aromatic rings. The number of esters is 1. The number of ether oxygens (including phenoxy) is 1. The van der Waals surface area contributed by atoms with Crippen LogP contribution >= 0.6 is 11.3 Å². The zero-order valence-corrected chi connectivity index (χ0v) is 13.0. The van der Waals surface area contributed by atoms with E-state index in [4.69, 9.17) is 4.74 Å². The predicted molar refractivity (Wildman–Crippen MR) is 80.9 cm³/mol. The van der Waals surface area contributed by atoms with Crippen LogP contribution in [0, 0.1) is 6.92 Å². The number of rotatable bonds is 5. The minimum Gasteiger partial charge on any atom is -0.462 e. The summed E-state index contributed by atoms with van der Waals surface area (Å²) in [5, 5.41) is 9.61. The standard InChI is InChI=1S/C14H17N3O3S/c1-4-10-8(3)21-13(11(10)14(19)20-5-2)17-12(18)9-6-15-16-7-9/h6-7H,4-5H2,1-3H3,(H,15,16)(H,17,18). The highest BCUT2D eigenvalue weighted by Gasteiger charge is 2.23. The fourth-order valence-corrected chi connectivity index (χ4v) is 3.19. The topological polar surface area (TPSA) is 84.1 Å². The van der Waals surface area contributed by atoms with Gasteiger partial charge < -0.3 is 10.1 Å². The molecule has 2 rings (SSSR count). The summed E-state index contributed by atoms with van der Waals surface area (Å²) in [6.07, 6.45) is 3.64. The Balaban J connectivity index is 2.34. The molecule has 0 aliphatic heterocycles. The average molecular weight is 307 g/mol. The van der Waals surface area contributed by atoms with Gasteiger partial charge in [0.1, 0.15) is 5.00 Å². The maximum absolute atomic E-state index is 12.1. The molecule has 0 saturated carbocycles. The molecule has 6 nitrogen and oxygen atoms in total. The molecular formula is C14H17N3O3S. The summed E-state index contributed by atoms with van der Waals surface area (Å²) >= 11 is 1.38. The number of carbonyl (C=O) groups is 2. The Bertz CT molecular complexity index is 647. The zero-order valence-electron chi connectivity index (χ0n) is 12.1. The van der Waals surface area contributed by atoms with E-state index in [1.807, 2.05) is 13.8 Å². The molecule has 112 valence electrons. The first-order valence-corrected chi connectivity index (χ1v) is 7.49. The second kappa shape index (κ2) is 6.53. The average Bonchev–Trinajstić information content (AvgIpc) is 3.06. The normalized spacial score (nSPS) is 10.4. The van der Waals surface area contributed by atoms with Gasteiger partial charge in [0.25, 0.3) is 5.91 Å². The van der Waals surface area contributed by atoms with Gasteiger partial charge in [-0.25, -0.2) is 4.79 Å². The van der Waals surface area contributed by atoms with Crippen molar-refractivity contribution in [3.8, 4) is 0 Å². The number of nitrogens with one attached hydrogen (secondary N) is 2. The number of carbonyl (C=O) groups excluding carboxylic acids is 2. The van der Waals surface area contributed by atoms with Gasteiger partial charge in [0.2, 0.25) is 0 Å². The van der Waals surface area contributed by atoms with Crippen LogP contribution in [0.3, 0.4) is 0 Å². The van der Waals surface area contributed by atoms with E-state index in [0.717, 1.165) is 10.4 Å². The van der Waals surface area contributed by atoms with Crippen LogP contribution in [0.1, 0.15) is 45.0 Å². The first kappa shape index (κ1) is 15.2. The van der Waals surface area contributed by atoms with Crippen LogP contribution in [0.2, 0.25) is 0 Å². The second-order valence-corrected chi connectivity index (χ2v) is 5.58. The summed E-state index contributed by atoms with van der Waals surface area (Å²) in [6.45, 7) is 5.96. The Kier molecular flexibility index (Phi) is 4.74. The highest BCUT2D eigenvalue weighted by molar-refractivity contribution is 7.16. The van der Waals surface area contributed by atoms with Crippen molar-refractivity contribution >= 4 is 28.2 Å². The summed E-state index contributed by atoms with van der Waals surface area (Å²) in [7, 11) is 0. The number of nitrogens with zero attached hydrogens (tertiary/aromatic N) is 1. The SMILES string of the molecule is CCOC(=O)c1c(NC(=O)c2cn[nH]c2)sc(C)c1CC. The van der Waals surface area contributed by atoms with Crippen molar-refractivity contribution in [2.24, 2.45) is 0 Å². The third-order valence-corrected chi connectivity index (χ3v) is 4.09. The molecule has 2 heterocycles. The lowest BCUT2D eigenvalue weighted by atomic mass is 10.1. The van der Waals surface area contributed by atoms with Crippen LogP contribution in [0.25, 0.3) is 0 Å². The van der Waals surface area contributed by atoms with Gasteiger partial charge in [-0.3, -0.25) is 9.89 Å². The number of anilines is 1. The largest absolute Gasteiger partial charge is 0.462 e. The Hall–Kier alpha value is -2.15. The maximum Gasteiger partial charge on any atom is 0.341 e. The minimum atomic E-state index is -0.402. The van der Waals surface area contributed by atoms with Gasteiger partial charge >= 0.3 is 5.97 Å². The molecule has 0 fully saturated rings. The van der Waals surface area contributed by atoms with E-state index in [0.29, 0.717) is 29.2 Å². The third-order valence-electron chi connectivity index (χ3n) is 3.03. The maximum atomic E-state index is 12.1. The van der Waals surface area contributed by atoms with Crippen LogP contribution < -0.4 is 5.32 Å². The van der Waals surface area contributed by atoms with E-state index in [2.05, 4.69) is 15.5 Å². The molecule has 0 aromatic carbocycles. The number of amides is 1. The van der Waals surface area contributed by atoms with Crippen molar-refractivity contribution in [1.82, 2.24) is 10.2 Å². The number of hydrogen-bond donors (Lipinski definition) is 2. The molecule has 7 heteroatoms. The number of hydrogen-bond acceptors (Lipinski definition) is 5. The fourth-order valence-electron chi connectivity index (χ4n) is 2.06. The molecule has 1 amide bonds. The van der Waals surface area contributed by atoms with Gasteiger partial charge in [0.05, 0.1) is 23.9 Å². The molecule has 21 heavy (non-hydrogen) atoms. The second-order valence-electron chi connectivity index (χ2n) is 4.36. The third kappa shape index (κ3) is 3.13. The molecule has 0 saturated heterocycles.